The third-order valence-electron chi connectivity index (χ3n) is 4.33. The summed E-state index contributed by atoms with van der Waals surface area (Å²) < 4.78 is 105. The van der Waals surface area contributed by atoms with Crippen LogP contribution in [0.2, 0.25) is 0 Å². The number of carbonyl (C=O) groups is 3. The first-order chi connectivity index (χ1) is 20.8. The van der Waals surface area contributed by atoms with Gasteiger partial charge in [-0.1, -0.05) is 12.1 Å². The molecule has 0 aliphatic carbocycles. The summed E-state index contributed by atoms with van der Waals surface area (Å²) in [4.78, 5) is 39.8. The molecule has 0 atom stereocenters. The van der Waals surface area contributed by atoms with Crippen LogP contribution in [-0.4, -0.2) is 72.6 Å². The summed E-state index contributed by atoms with van der Waals surface area (Å²) >= 11 is 5.84. The fraction of sp³-hybridized carbons (Fsp3) is 0.423. The molecule has 0 aliphatic rings. The summed E-state index contributed by atoms with van der Waals surface area (Å²) in [5.74, 6) is -3.54. The Labute approximate surface area is 271 Å². The van der Waals surface area contributed by atoms with Gasteiger partial charge < -0.3 is 18.5 Å². The van der Waals surface area contributed by atoms with Gasteiger partial charge in [0.2, 0.25) is 0 Å². The molecule has 10 nitrogen and oxygen atoms in total. The molecule has 2 heterocycles. The van der Waals surface area contributed by atoms with E-state index in [2.05, 4.69) is 51.3 Å². The topological polar surface area (TPSA) is 131 Å². The molecule has 2 aromatic heterocycles. The Morgan fingerprint density at radius 3 is 1.62 bits per heavy atom. The molecule has 0 aliphatic heterocycles. The Morgan fingerprint density at radius 2 is 1.22 bits per heavy atom. The summed E-state index contributed by atoms with van der Waals surface area (Å²) in [5, 5.41) is 0. The number of hydrogen-bond acceptors (Lipinski definition) is 10. The Kier molecular flexibility index (Phi) is 19.3. The fourth-order valence-electron chi connectivity index (χ4n) is 2.73. The van der Waals surface area contributed by atoms with Crippen molar-refractivity contribution in [3.8, 4) is 0 Å². The molecular weight excluding hydrogens is 773 g/mol. The summed E-state index contributed by atoms with van der Waals surface area (Å²) in [6, 6.07) is 7.83. The summed E-state index contributed by atoms with van der Waals surface area (Å²) in [7, 11) is -3.28. The maximum absolute atomic E-state index is 12.8. The van der Waals surface area contributed by atoms with Crippen LogP contribution >= 0.6 is 39.5 Å². The molecule has 19 heteroatoms. The summed E-state index contributed by atoms with van der Waals surface area (Å²) in [5.41, 5.74) is -2.09. The molecule has 0 saturated carbocycles. The van der Waals surface area contributed by atoms with Crippen LogP contribution in [-0.2, 0) is 32.7 Å². The molecule has 2 rings (SSSR count). The first kappa shape index (κ1) is 42.3. The number of halogens is 8. The number of aromatic nitrogens is 2. The summed E-state index contributed by atoms with van der Waals surface area (Å²) in [6.45, 7) is 7.34. The second-order valence-electron chi connectivity index (χ2n) is 7.74. The molecule has 0 saturated heterocycles. The van der Waals surface area contributed by atoms with Crippen molar-refractivity contribution >= 4 is 62.8 Å². The molecule has 2 aromatic rings. The fourth-order valence-corrected chi connectivity index (χ4v) is 4.87. The van der Waals surface area contributed by atoms with Gasteiger partial charge in [0.1, 0.15) is 21.1 Å². The third kappa shape index (κ3) is 17.6. The van der Waals surface area contributed by atoms with Gasteiger partial charge in [0.25, 0.3) is 5.78 Å². The van der Waals surface area contributed by atoms with E-state index in [0.29, 0.717) is 6.08 Å². The van der Waals surface area contributed by atoms with Crippen LogP contribution in [0, 0.1) is 0 Å². The van der Waals surface area contributed by atoms with Gasteiger partial charge in [0, 0.05) is 6.08 Å². The molecular formula is C26H29Br2F6N2O8P. The lowest BCUT2D eigenvalue weighted by Crippen LogP contribution is -2.23. The van der Waals surface area contributed by atoms with E-state index >= 15 is 0 Å². The predicted octanol–water partition coefficient (Wildman–Crippen LogP) is 7.76. The van der Waals surface area contributed by atoms with Gasteiger partial charge in [-0.2, -0.15) is 26.3 Å². The first-order valence-electron chi connectivity index (χ1n) is 12.7. The van der Waals surface area contributed by atoms with Gasteiger partial charge in [0.15, 0.2) is 0 Å². The number of carbonyl (C=O) groups excluding carboxylic acids is 3. The van der Waals surface area contributed by atoms with Crippen molar-refractivity contribution in [2.75, 3.05) is 32.6 Å². The van der Waals surface area contributed by atoms with Gasteiger partial charge in [-0.25, -0.2) is 14.8 Å². The minimum Gasteiger partial charge on any atom is -0.466 e. The van der Waals surface area contributed by atoms with Crippen LogP contribution in [0.5, 0.6) is 0 Å². The molecule has 45 heavy (non-hydrogen) atoms. The number of ketones is 1. The maximum atomic E-state index is 12.8. The molecule has 0 aromatic carbocycles. The highest BCUT2D eigenvalue weighted by molar-refractivity contribution is 9.10. The SMILES string of the molecule is CCOC(=O)/C=C(/c1cccc(Br)n1)C(F)(F)F.CCOC(=O)CP(=O)(OCC)OCC.O=C(c1cccc(Br)n1)C(F)(F)F. The van der Waals surface area contributed by atoms with E-state index in [1.165, 1.54) is 37.3 Å². The zero-order valence-corrected chi connectivity index (χ0v) is 28.3. The maximum Gasteiger partial charge on any atom is 0.456 e. The van der Waals surface area contributed by atoms with Crippen molar-refractivity contribution < 1.29 is 63.8 Å². The second kappa shape index (κ2) is 20.5. The van der Waals surface area contributed by atoms with Crippen LogP contribution in [0.15, 0.2) is 51.7 Å². The number of alkyl halides is 6. The van der Waals surface area contributed by atoms with E-state index in [1.54, 1.807) is 20.8 Å². The summed E-state index contributed by atoms with van der Waals surface area (Å²) in [6.07, 6.45) is -9.46. The zero-order valence-electron chi connectivity index (χ0n) is 24.2. The standard InChI is InChI=1S/C11H9BrF3NO2.C8H17O5P.C7H3BrF3NO/c1-2-18-10(17)6-7(11(13,14)15)8-4-3-5-9(12)16-8;1-4-11-8(9)7-14(10,12-5-2)13-6-3;8-5-3-1-2-4(12-5)6(13)7(9,10)11/h3-6H,2H2,1H3;4-7H2,1-3H3;1-3H/b7-6-;;. The van der Waals surface area contributed by atoms with E-state index < -0.39 is 48.9 Å². The number of hydrogen-bond donors (Lipinski definition) is 0. The Morgan fingerprint density at radius 1 is 0.756 bits per heavy atom. The number of nitrogens with zero attached hydrogens (tertiary/aromatic N) is 2. The molecule has 0 N–H and O–H groups in total. The van der Waals surface area contributed by atoms with Crippen molar-refractivity contribution in [2.45, 2.75) is 40.0 Å². The van der Waals surface area contributed by atoms with E-state index in [1.807, 2.05) is 0 Å². The minimum absolute atomic E-state index is 0.00633. The number of rotatable bonds is 11. The van der Waals surface area contributed by atoms with Crippen LogP contribution in [0.4, 0.5) is 26.3 Å². The van der Waals surface area contributed by atoms with Crippen LogP contribution in [0.1, 0.15) is 43.9 Å². The van der Waals surface area contributed by atoms with Crippen LogP contribution in [0.25, 0.3) is 5.57 Å². The molecule has 0 unspecified atom stereocenters. The molecule has 0 spiro atoms. The Hall–Kier alpha value is -2.66. The monoisotopic (exact) mass is 800 g/mol. The molecule has 0 fully saturated rings. The number of ether oxygens (including phenoxy) is 2. The quantitative estimate of drug-likeness (QED) is 0.0555. The number of allylic oxidation sites excluding steroid dienone is 1. The lowest BCUT2D eigenvalue weighted by atomic mass is 10.1. The molecule has 0 radical (unpaired) electrons. The van der Waals surface area contributed by atoms with Crippen molar-refractivity contribution in [1.82, 2.24) is 9.97 Å². The highest BCUT2D eigenvalue weighted by Gasteiger charge is 2.40. The smallest absolute Gasteiger partial charge is 0.456 e. The van der Waals surface area contributed by atoms with E-state index in [0.717, 1.165) is 6.07 Å². The number of esters is 2. The van der Waals surface area contributed by atoms with Crippen LogP contribution in [0.3, 0.4) is 0 Å². The van der Waals surface area contributed by atoms with E-state index in [4.69, 9.17) is 9.05 Å². The lowest BCUT2D eigenvalue weighted by Gasteiger charge is -2.15. The van der Waals surface area contributed by atoms with Gasteiger partial charge >= 0.3 is 31.9 Å². The average Bonchev–Trinajstić information content (AvgIpc) is 2.91. The molecule has 0 bridgehead atoms. The number of Topliss-reactive ketones (excluding diaryl/α,β-unsaturated/α-hetero) is 1. The van der Waals surface area contributed by atoms with E-state index in [9.17, 15) is 45.3 Å². The number of pyridine rings is 2. The average molecular weight is 802 g/mol. The predicted molar refractivity (Wildman–Crippen MR) is 157 cm³/mol. The minimum atomic E-state index is -4.87. The Balaban J connectivity index is 0.000000657. The highest BCUT2D eigenvalue weighted by atomic mass is 79.9. The molecule has 0 amide bonds. The van der Waals surface area contributed by atoms with Gasteiger partial charge in [-0.15, -0.1) is 0 Å². The van der Waals surface area contributed by atoms with Crippen molar-refractivity contribution in [3.63, 3.8) is 0 Å². The van der Waals surface area contributed by atoms with Crippen molar-refractivity contribution in [2.24, 2.45) is 0 Å². The second-order valence-corrected chi connectivity index (χ2v) is 11.4. The van der Waals surface area contributed by atoms with Crippen LogP contribution < -0.4 is 0 Å². The first-order valence-corrected chi connectivity index (χ1v) is 16.0. The molecule has 252 valence electrons. The third-order valence-corrected chi connectivity index (χ3v) is 7.16. The van der Waals surface area contributed by atoms with Gasteiger partial charge in [-0.3, -0.25) is 14.2 Å². The lowest BCUT2D eigenvalue weighted by molar-refractivity contribution is -0.140. The largest absolute Gasteiger partial charge is 0.466 e. The normalized spacial score (nSPS) is 11.8. The highest BCUT2D eigenvalue weighted by Crippen LogP contribution is 2.47. The van der Waals surface area contributed by atoms with Crippen molar-refractivity contribution in [1.29, 1.82) is 0 Å². The zero-order chi connectivity index (χ0) is 34.8. The van der Waals surface area contributed by atoms with Crippen molar-refractivity contribution in [3.05, 3.63) is 63.1 Å². The Bertz CT molecular complexity index is 1330. The van der Waals surface area contributed by atoms with Gasteiger partial charge in [0.05, 0.1) is 37.7 Å². The van der Waals surface area contributed by atoms with Gasteiger partial charge in [-0.05, 0) is 83.8 Å². The van der Waals surface area contributed by atoms with E-state index in [-0.39, 0.29) is 47.5 Å².